The van der Waals surface area contributed by atoms with Gasteiger partial charge >= 0.3 is 0 Å². The molecule has 0 unspecified atom stereocenters. The van der Waals surface area contributed by atoms with Gasteiger partial charge in [0.05, 0.1) is 23.0 Å². The van der Waals surface area contributed by atoms with Gasteiger partial charge in [-0.15, -0.1) is 0 Å². The van der Waals surface area contributed by atoms with Gasteiger partial charge in [-0.05, 0) is 46.2 Å². The van der Waals surface area contributed by atoms with Crippen molar-refractivity contribution < 1.29 is 0 Å². The molecule has 3 rings (SSSR count). The maximum atomic E-state index is 4.71. The number of hydrogen-bond donors (Lipinski definition) is 0. The van der Waals surface area contributed by atoms with Crippen molar-refractivity contribution in [2.45, 2.75) is 84.7 Å². The maximum Gasteiger partial charge on any atom is 0.114 e. The first-order valence-corrected chi connectivity index (χ1v) is 10.4. The zero-order valence-corrected chi connectivity index (χ0v) is 19.5. The number of aromatic nitrogens is 6. The molecular weight excluding hydrogens is 360 g/mol. The van der Waals surface area contributed by atoms with Gasteiger partial charge in [-0.25, -0.2) is 4.98 Å². The maximum absolute atomic E-state index is 4.71. The van der Waals surface area contributed by atoms with Crippen LogP contribution >= 0.6 is 0 Å². The van der Waals surface area contributed by atoms with Crippen LogP contribution in [0.5, 0.6) is 0 Å². The van der Waals surface area contributed by atoms with E-state index >= 15 is 0 Å². The highest BCUT2D eigenvalue weighted by molar-refractivity contribution is 5.15. The number of rotatable bonds is 6. The Hall–Kier alpha value is -2.37. The Morgan fingerprint density at radius 1 is 0.897 bits per heavy atom. The molecule has 3 heterocycles. The lowest BCUT2D eigenvalue weighted by atomic mass is 9.95. The average Bonchev–Trinajstić information content (AvgIpc) is 3.28. The van der Waals surface area contributed by atoms with E-state index in [9.17, 15) is 0 Å². The zero-order valence-electron chi connectivity index (χ0n) is 19.5. The molecule has 0 N–H and O–H groups in total. The second-order valence-corrected chi connectivity index (χ2v) is 10.6. The molecular formula is C23H36N6. The summed E-state index contributed by atoms with van der Waals surface area (Å²) in [5, 5.41) is 9.31. The molecule has 0 radical (unpaired) electrons. The lowest BCUT2D eigenvalue weighted by Gasteiger charge is -2.27. The third-order valence-corrected chi connectivity index (χ3v) is 5.60. The summed E-state index contributed by atoms with van der Waals surface area (Å²) in [6.45, 7) is 17.5. The van der Waals surface area contributed by atoms with E-state index in [-0.39, 0.29) is 16.5 Å². The molecule has 0 aliphatic heterocycles. The summed E-state index contributed by atoms with van der Waals surface area (Å²) in [7, 11) is 2.11. The summed E-state index contributed by atoms with van der Waals surface area (Å²) in [6, 6.07) is 2.05. The standard InChI is InChI=1S/C23H36N6/c1-17-10-11-28(26-17)22(5,6)12-18-14-25-29(16-18)23(7,8)13-19-15-24-20(27(19)9)21(2,3)4/h10-11,14-16H,12-13H2,1-9H3. The molecule has 6 nitrogen and oxygen atoms in total. The number of imidazole rings is 1. The second kappa shape index (κ2) is 7.15. The van der Waals surface area contributed by atoms with Crippen LogP contribution in [-0.2, 0) is 36.4 Å². The van der Waals surface area contributed by atoms with Gasteiger partial charge in [0.1, 0.15) is 5.82 Å². The summed E-state index contributed by atoms with van der Waals surface area (Å²) < 4.78 is 6.38. The molecule has 0 aromatic carbocycles. The van der Waals surface area contributed by atoms with Crippen LogP contribution in [-0.4, -0.2) is 29.1 Å². The molecule has 0 saturated carbocycles. The summed E-state index contributed by atoms with van der Waals surface area (Å²) in [5.41, 5.74) is 3.28. The van der Waals surface area contributed by atoms with Gasteiger partial charge in [0.25, 0.3) is 0 Å². The minimum atomic E-state index is -0.145. The Balaban J connectivity index is 1.78. The summed E-state index contributed by atoms with van der Waals surface area (Å²) in [5.74, 6) is 1.11. The number of nitrogens with zero attached hydrogens (tertiary/aromatic N) is 6. The van der Waals surface area contributed by atoms with E-state index in [1.165, 1.54) is 11.3 Å². The van der Waals surface area contributed by atoms with Crippen LogP contribution in [0.2, 0.25) is 0 Å². The van der Waals surface area contributed by atoms with Crippen LogP contribution in [0.25, 0.3) is 0 Å². The fourth-order valence-corrected chi connectivity index (χ4v) is 3.95. The van der Waals surface area contributed by atoms with Gasteiger partial charge in [-0.2, -0.15) is 10.2 Å². The average molecular weight is 397 g/mol. The first-order chi connectivity index (χ1) is 13.3. The van der Waals surface area contributed by atoms with E-state index in [2.05, 4.69) is 91.9 Å². The van der Waals surface area contributed by atoms with Crippen LogP contribution in [0, 0.1) is 6.92 Å². The van der Waals surface area contributed by atoms with E-state index in [1.54, 1.807) is 0 Å². The highest BCUT2D eigenvalue weighted by Gasteiger charge is 2.28. The van der Waals surface area contributed by atoms with Gasteiger partial charge < -0.3 is 4.57 Å². The molecule has 0 amide bonds. The minimum Gasteiger partial charge on any atom is -0.335 e. The van der Waals surface area contributed by atoms with E-state index in [4.69, 9.17) is 5.10 Å². The van der Waals surface area contributed by atoms with Crippen molar-refractivity contribution in [1.82, 2.24) is 29.1 Å². The summed E-state index contributed by atoms with van der Waals surface area (Å²) in [6.07, 6.45) is 9.98. The highest BCUT2D eigenvalue weighted by Crippen LogP contribution is 2.27. The molecule has 0 fully saturated rings. The van der Waals surface area contributed by atoms with Gasteiger partial charge in [0, 0.05) is 49.6 Å². The second-order valence-electron chi connectivity index (χ2n) is 10.6. The van der Waals surface area contributed by atoms with Gasteiger partial charge in [-0.3, -0.25) is 9.36 Å². The Kier molecular flexibility index (Phi) is 5.26. The van der Waals surface area contributed by atoms with E-state index in [0.29, 0.717) is 0 Å². The van der Waals surface area contributed by atoms with E-state index in [0.717, 1.165) is 24.4 Å². The summed E-state index contributed by atoms with van der Waals surface area (Å²) >= 11 is 0. The first kappa shape index (κ1) is 21.3. The molecule has 0 bridgehead atoms. The molecule has 3 aromatic heterocycles. The smallest absolute Gasteiger partial charge is 0.114 e. The van der Waals surface area contributed by atoms with E-state index in [1.807, 2.05) is 25.4 Å². The topological polar surface area (TPSA) is 53.5 Å². The fourth-order valence-electron chi connectivity index (χ4n) is 3.95. The lowest BCUT2D eigenvalue weighted by molar-refractivity contribution is 0.305. The first-order valence-electron chi connectivity index (χ1n) is 10.4. The third-order valence-electron chi connectivity index (χ3n) is 5.60. The van der Waals surface area contributed by atoms with Crippen molar-refractivity contribution in [3.63, 3.8) is 0 Å². The summed E-state index contributed by atoms with van der Waals surface area (Å²) in [4.78, 5) is 4.68. The Morgan fingerprint density at radius 3 is 2.10 bits per heavy atom. The quantitative estimate of drug-likeness (QED) is 0.621. The molecule has 6 heteroatoms. The normalized spacial score (nSPS) is 13.3. The minimum absolute atomic E-state index is 0.0342. The van der Waals surface area contributed by atoms with Crippen molar-refractivity contribution in [1.29, 1.82) is 0 Å². The Morgan fingerprint density at radius 2 is 1.55 bits per heavy atom. The van der Waals surface area contributed by atoms with Crippen molar-refractivity contribution >= 4 is 0 Å². The number of aryl methyl sites for hydroxylation is 1. The molecule has 158 valence electrons. The van der Waals surface area contributed by atoms with Crippen LogP contribution < -0.4 is 0 Å². The Labute approximate surface area is 175 Å². The van der Waals surface area contributed by atoms with Crippen LogP contribution in [0.3, 0.4) is 0 Å². The molecule has 3 aromatic rings. The Bertz CT molecular complexity index is 977. The SMILES string of the molecule is Cc1ccn(C(C)(C)Cc2cnn(C(C)(C)Cc3cnc(C(C)(C)C)n3C)c2)n1. The molecule has 0 aliphatic rings. The highest BCUT2D eigenvalue weighted by atomic mass is 15.3. The molecule has 0 saturated heterocycles. The molecule has 0 aliphatic carbocycles. The molecule has 29 heavy (non-hydrogen) atoms. The predicted octanol–water partition coefficient (Wildman–Crippen LogP) is 4.37. The lowest BCUT2D eigenvalue weighted by Crippen LogP contribution is -2.31. The van der Waals surface area contributed by atoms with E-state index < -0.39 is 0 Å². The number of hydrogen-bond acceptors (Lipinski definition) is 3. The largest absolute Gasteiger partial charge is 0.335 e. The van der Waals surface area contributed by atoms with Crippen molar-refractivity contribution in [2.24, 2.45) is 7.05 Å². The monoisotopic (exact) mass is 396 g/mol. The molecule has 0 atom stereocenters. The molecule has 0 spiro atoms. The van der Waals surface area contributed by atoms with Gasteiger partial charge in [0.2, 0.25) is 0 Å². The van der Waals surface area contributed by atoms with Crippen molar-refractivity contribution in [2.75, 3.05) is 0 Å². The zero-order chi connectivity index (χ0) is 21.6. The van der Waals surface area contributed by atoms with Crippen molar-refractivity contribution in [3.05, 3.63) is 53.6 Å². The third kappa shape index (κ3) is 4.46. The van der Waals surface area contributed by atoms with Crippen LogP contribution in [0.15, 0.2) is 30.9 Å². The predicted molar refractivity (Wildman–Crippen MR) is 117 cm³/mol. The van der Waals surface area contributed by atoms with Crippen LogP contribution in [0.1, 0.15) is 71.2 Å². The fraction of sp³-hybridized carbons (Fsp3) is 0.609. The van der Waals surface area contributed by atoms with Crippen LogP contribution in [0.4, 0.5) is 0 Å². The van der Waals surface area contributed by atoms with Crippen molar-refractivity contribution in [3.8, 4) is 0 Å². The van der Waals surface area contributed by atoms with Gasteiger partial charge in [-0.1, -0.05) is 20.8 Å². The van der Waals surface area contributed by atoms with Gasteiger partial charge in [0.15, 0.2) is 0 Å².